The van der Waals surface area contributed by atoms with Crippen molar-refractivity contribution in [3.05, 3.63) is 24.3 Å². The van der Waals surface area contributed by atoms with Crippen LogP contribution < -0.4 is 0 Å². The molecule has 2 heteroatoms. The minimum atomic E-state index is -1.01. The molecule has 0 saturated heterocycles. The first kappa shape index (κ1) is 22.2. The van der Waals surface area contributed by atoms with Crippen LogP contribution in [-0.2, 0) is 0 Å². The van der Waals surface area contributed by atoms with Crippen molar-refractivity contribution in [2.75, 3.05) is 6.61 Å². The van der Waals surface area contributed by atoms with Crippen LogP contribution in [0.4, 0.5) is 0 Å². The van der Waals surface area contributed by atoms with Crippen LogP contribution in [0.5, 0.6) is 0 Å². The van der Waals surface area contributed by atoms with Gasteiger partial charge in [0.15, 0.2) is 0 Å². The Morgan fingerprint density at radius 2 is 1.48 bits per heavy atom. The van der Waals surface area contributed by atoms with Crippen LogP contribution in [0, 0.1) is 59.7 Å². The monoisotopic (exact) mass is 332 g/mol. The normalized spacial score (nSPS) is 10.3. The van der Waals surface area contributed by atoms with Gasteiger partial charge in [0.2, 0.25) is 0 Å². The van der Waals surface area contributed by atoms with E-state index in [-0.39, 0.29) is 6.61 Å². The van der Waals surface area contributed by atoms with Crippen molar-refractivity contribution in [2.24, 2.45) is 0 Å². The number of hydrogen-bond donors (Lipinski definition) is 2. The van der Waals surface area contributed by atoms with Crippen molar-refractivity contribution in [3.63, 3.8) is 0 Å². The Balaban J connectivity index is 3.68. The highest BCUT2D eigenvalue weighted by Crippen LogP contribution is 2.01. The summed E-state index contributed by atoms with van der Waals surface area (Å²) in [6, 6.07) is 0. The van der Waals surface area contributed by atoms with Gasteiger partial charge in [0.1, 0.15) is 6.10 Å². The third-order valence-electron chi connectivity index (χ3n) is 2.80. The maximum Gasteiger partial charge on any atom is 0.138 e. The Hall–Kier alpha value is -2.80. The molecule has 0 aromatic rings. The predicted molar refractivity (Wildman–Crippen MR) is 104 cm³/mol. The predicted octanol–water partition coefficient (Wildman–Crippen LogP) is 2.83. The smallest absolute Gasteiger partial charge is 0.138 e. The molecule has 0 radical (unpaired) electrons. The molecule has 0 bridgehead atoms. The zero-order valence-corrected chi connectivity index (χ0v) is 14.5. The lowest BCUT2D eigenvalue weighted by atomic mass is 10.2. The zero-order chi connectivity index (χ0) is 18.4. The second kappa shape index (κ2) is 19.2. The van der Waals surface area contributed by atoms with Gasteiger partial charge in [-0.3, -0.25) is 0 Å². The molecule has 0 saturated carbocycles. The van der Waals surface area contributed by atoms with Gasteiger partial charge in [0, 0.05) is 12.8 Å². The number of terminal acetylenes is 1. The number of rotatable bonds is 8. The minimum absolute atomic E-state index is 0.370. The zero-order valence-electron chi connectivity index (χ0n) is 14.5. The average Bonchev–Trinajstić information content (AvgIpc) is 2.63. The molecule has 1 unspecified atom stereocenters. The third-order valence-corrected chi connectivity index (χ3v) is 2.80. The molecule has 0 heterocycles. The first-order valence-electron chi connectivity index (χ1n) is 8.33. The number of aliphatic hydroxyl groups is 2. The summed E-state index contributed by atoms with van der Waals surface area (Å²) in [6.07, 6.45) is 18.4. The highest BCUT2D eigenvalue weighted by Gasteiger charge is 1.90. The molecule has 2 N–H and O–H groups in total. The molecule has 0 aliphatic rings. The lowest BCUT2D eigenvalue weighted by molar-refractivity contribution is 0.138. The maximum absolute atomic E-state index is 8.97. The van der Waals surface area contributed by atoms with Crippen molar-refractivity contribution in [1.82, 2.24) is 0 Å². The fourth-order valence-corrected chi connectivity index (χ4v) is 1.54. The van der Waals surface area contributed by atoms with Crippen molar-refractivity contribution in [3.8, 4) is 59.7 Å². The van der Waals surface area contributed by atoms with Gasteiger partial charge in [-0.1, -0.05) is 41.8 Å². The summed E-state index contributed by atoms with van der Waals surface area (Å²) in [4.78, 5) is 0. The number of allylic oxidation sites excluding steroid dienone is 4. The van der Waals surface area contributed by atoms with Crippen LogP contribution in [0.15, 0.2) is 24.3 Å². The van der Waals surface area contributed by atoms with E-state index in [0.717, 1.165) is 38.5 Å². The van der Waals surface area contributed by atoms with Crippen LogP contribution in [0.2, 0.25) is 0 Å². The molecule has 2 nitrogen and oxygen atoms in total. The van der Waals surface area contributed by atoms with Crippen LogP contribution in [0.25, 0.3) is 0 Å². The van der Waals surface area contributed by atoms with Gasteiger partial charge >= 0.3 is 0 Å². The molecular formula is C23H24O2. The summed E-state index contributed by atoms with van der Waals surface area (Å²) >= 11 is 0. The largest absolute Gasteiger partial charge is 0.393 e. The van der Waals surface area contributed by atoms with E-state index in [1.54, 1.807) is 6.08 Å². The molecule has 0 spiro atoms. The Labute approximate surface area is 152 Å². The molecule has 1 atom stereocenters. The molecule has 25 heavy (non-hydrogen) atoms. The van der Waals surface area contributed by atoms with Gasteiger partial charge in [-0.25, -0.2) is 0 Å². The molecule has 0 aliphatic carbocycles. The molecule has 0 fully saturated rings. The quantitative estimate of drug-likeness (QED) is 0.530. The van der Waals surface area contributed by atoms with Gasteiger partial charge in [0.05, 0.1) is 6.61 Å². The van der Waals surface area contributed by atoms with E-state index in [1.165, 1.54) is 0 Å². The van der Waals surface area contributed by atoms with Gasteiger partial charge in [-0.15, -0.1) is 6.42 Å². The Bertz CT molecular complexity index is 689. The molecule has 0 aromatic heterocycles. The molecule has 0 aromatic carbocycles. The standard InChI is InChI=1S/C23H24O2/c1-2-3-4-5-6-7-8-9-10-11-12-13-14-15-16-17-18-19-20-21-23(25)22-24/h1,3-4,9-10,23-25H,5-8,15-17,22H2/b4-3-,10-9+. The summed E-state index contributed by atoms with van der Waals surface area (Å²) in [5.74, 6) is 24.3. The lowest BCUT2D eigenvalue weighted by Gasteiger charge is -1.90. The summed E-state index contributed by atoms with van der Waals surface area (Å²) in [5.41, 5.74) is 0. The fourth-order valence-electron chi connectivity index (χ4n) is 1.54. The maximum atomic E-state index is 8.97. The van der Waals surface area contributed by atoms with E-state index < -0.39 is 6.10 Å². The topological polar surface area (TPSA) is 40.5 Å². The molecule has 0 rings (SSSR count). The first-order valence-corrected chi connectivity index (χ1v) is 8.33. The van der Waals surface area contributed by atoms with E-state index >= 15 is 0 Å². The third kappa shape index (κ3) is 19.2. The molecule has 128 valence electrons. The minimum Gasteiger partial charge on any atom is -0.393 e. The van der Waals surface area contributed by atoms with Crippen LogP contribution >= 0.6 is 0 Å². The van der Waals surface area contributed by atoms with E-state index in [9.17, 15) is 0 Å². The summed E-state index contributed by atoms with van der Waals surface area (Å²) in [6.45, 7) is -0.370. The van der Waals surface area contributed by atoms with Crippen molar-refractivity contribution in [1.29, 1.82) is 0 Å². The van der Waals surface area contributed by atoms with Gasteiger partial charge in [0.25, 0.3) is 0 Å². The van der Waals surface area contributed by atoms with E-state index in [0.29, 0.717) is 6.42 Å². The highest BCUT2D eigenvalue weighted by atomic mass is 16.3. The summed E-state index contributed by atoms with van der Waals surface area (Å²) in [5, 5.41) is 17.5. The Kier molecular flexibility index (Phi) is 17.1. The SMILES string of the molecule is C#C/C=C\CCCC/C=C/C#CC#CCCCC#CC#CC(O)CO. The van der Waals surface area contributed by atoms with Crippen LogP contribution in [0.3, 0.4) is 0 Å². The van der Waals surface area contributed by atoms with Crippen LogP contribution in [0.1, 0.15) is 44.9 Å². The van der Waals surface area contributed by atoms with Crippen molar-refractivity contribution in [2.45, 2.75) is 51.0 Å². The van der Waals surface area contributed by atoms with Gasteiger partial charge < -0.3 is 10.2 Å². The molecule has 0 aliphatic heterocycles. The van der Waals surface area contributed by atoms with Crippen molar-refractivity contribution >= 4 is 0 Å². The van der Waals surface area contributed by atoms with Gasteiger partial charge in [-0.2, -0.15) is 0 Å². The van der Waals surface area contributed by atoms with Crippen LogP contribution in [-0.4, -0.2) is 22.9 Å². The second-order valence-corrected chi connectivity index (χ2v) is 4.95. The van der Waals surface area contributed by atoms with Crippen molar-refractivity contribution < 1.29 is 10.2 Å². The Morgan fingerprint density at radius 1 is 0.840 bits per heavy atom. The second-order valence-electron chi connectivity index (χ2n) is 4.95. The fraction of sp³-hybridized carbons (Fsp3) is 0.391. The summed E-state index contributed by atoms with van der Waals surface area (Å²) in [7, 11) is 0. The van der Waals surface area contributed by atoms with E-state index in [1.807, 2.05) is 12.2 Å². The molecule has 0 amide bonds. The van der Waals surface area contributed by atoms with E-state index in [2.05, 4.69) is 59.4 Å². The number of hydrogen-bond acceptors (Lipinski definition) is 2. The van der Waals surface area contributed by atoms with E-state index in [4.69, 9.17) is 16.6 Å². The summed E-state index contributed by atoms with van der Waals surface area (Å²) < 4.78 is 0. The lowest BCUT2D eigenvalue weighted by Crippen LogP contribution is -2.07. The highest BCUT2D eigenvalue weighted by molar-refractivity contribution is 5.31. The number of aliphatic hydroxyl groups excluding tert-OH is 2. The number of unbranched alkanes of at least 4 members (excludes halogenated alkanes) is 5. The Morgan fingerprint density at radius 3 is 2.12 bits per heavy atom. The molecular weight excluding hydrogens is 308 g/mol. The average molecular weight is 332 g/mol. The van der Waals surface area contributed by atoms with Gasteiger partial charge in [-0.05, 0) is 67.9 Å². The first-order chi connectivity index (χ1) is 12.3.